The van der Waals surface area contributed by atoms with Crippen molar-refractivity contribution in [1.29, 1.82) is 0 Å². The Labute approximate surface area is 124 Å². The average Bonchev–Trinajstić information content (AvgIpc) is 2.40. The van der Waals surface area contributed by atoms with Crippen LogP contribution in [0.2, 0.25) is 0 Å². The molecule has 0 heterocycles. The van der Waals surface area contributed by atoms with E-state index in [9.17, 15) is 0 Å². The van der Waals surface area contributed by atoms with E-state index in [0.717, 1.165) is 4.47 Å². The molecule has 0 radical (unpaired) electrons. The summed E-state index contributed by atoms with van der Waals surface area (Å²) in [6.45, 7) is 4.44. The van der Waals surface area contributed by atoms with Gasteiger partial charge in [-0.25, -0.2) is 0 Å². The minimum atomic E-state index is 0.235. The zero-order valence-electron chi connectivity index (χ0n) is 11.7. The van der Waals surface area contributed by atoms with Gasteiger partial charge in [0, 0.05) is 4.47 Å². The Bertz CT molecular complexity index is 531. The van der Waals surface area contributed by atoms with Gasteiger partial charge in [-0.15, -0.1) is 0 Å². The van der Waals surface area contributed by atoms with Gasteiger partial charge < -0.3 is 5.32 Å². The first-order valence-electron chi connectivity index (χ1n) is 6.64. The number of rotatable bonds is 4. The molecule has 0 saturated heterocycles. The van der Waals surface area contributed by atoms with Gasteiger partial charge in [-0.3, -0.25) is 0 Å². The molecule has 100 valence electrons. The number of halogens is 1. The highest BCUT2D eigenvalue weighted by atomic mass is 79.9. The van der Waals surface area contributed by atoms with Crippen molar-refractivity contribution in [3.05, 3.63) is 69.7 Å². The van der Waals surface area contributed by atoms with Crippen LogP contribution in [0.4, 0.5) is 0 Å². The van der Waals surface area contributed by atoms with Crippen molar-refractivity contribution in [3.63, 3.8) is 0 Å². The zero-order valence-corrected chi connectivity index (χ0v) is 13.2. The highest BCUT2D eigenvalue weighted by molar-refractivity contribution is 9.10. The lowest BCUT2D eigenvalue weighted by molar-refractivity contribution is 0.690. The fourth-order valence-corrected chi connectivity index (χ4v) is 2.70. The molecule has 1 N–H and O–H groups in total. The molecule has 2 aromatic carbocycles. The molecular weight excluding hydrogens is 298 g/mol. The Hall–Kier alpha value is -1.12. The Morgan fingerprint density at radius 1 is 0.895 bits per heavy atom. The second-order valence-electron chi connectivity index (χ2n) is 5.10. The van der Waals surface area contributed by atoms with Crippen LogP contribution in [0.1, 0.15) is 42.5 Å². The molecule has 0 amide bonds. The molecule has 0 aromatic heterocycles. The van der Waals surface area contributed by atoms with Gasteiger partial charge in [0.25, 0.3) is 0 Å². The van der Waals surface area contributed by atoms with Crippen molar-refractivity contribution in [2.45, 2.75) is 25.8 Å². The summed E-state index contributed by atoms with van der Waals surface area (Å²) in [5.41, 5.74) is 3.95. The van der Waals surface area contributed by atoms with Gasteiger partial charge in [-0.1, -0.05) is 66.2 Å². The molecule has 0 aliphatic carbocycles. The van der Waals surface area contributed by atoms with E-state index in [-0.39, 0.29) is 6.04 Å². The summed E-state index contributed by atoms with van der Waals surface area (Å²) in [6.07, 6.45) is 0. The maximum Gasteiger partial charge on any atom is 0.0574 e. The van der Waals surface area contributed by atoms with Gasteiger partial charge in [0.05, 0.1) is 6.04 Å². The predicted octanol–water partition coefficient (Wildman–Crippen LogP) is 4.88. The molecule has 0 aliphatic heterocycles. The smallest absolute Gasteiger partial charge is 0.0574 e. The second kappa shape index (κ2) is 6.36. The summed E-state index contributed by atoms with van der Waals surface area (Å²) in [4.78, 5) is 0. The number of hydrogen-bond acceptors (Lipinski definition) is 1. The summed E-state index contributed by atoms with van der Waals surface area (Å²) < 4.78 is 1.11. The Morgan fingerprint density at radius 3 is 2.05 bits per heavy atom. The van der Waals surface area contributed by atoms with E-state index in [2.05, 4.69) is 83.6 Å². The fourth-order valence-electron chi connectivity index (χ4n) is 2.29. The highest BCUT2D eigenvalue weighted by Crippen LogP contribution is 2.25. The zero-order chi connectivity index (χ0) is 13.8. The highest BCUT2D eigenvalue weighted by Gasteiger charge is 2.12. The summed E-state index contributed by atoms with van der Waals surface area (Å²) in [7, 11) is 2.00. The van der Waals surface area contributed by atoms with Gasteiger partial charge in [0.15, 0.2) is 0 Å². The lowest BCUT2D eigenvalue weighted by Gasteiger charge is -2.18. The molecule has 1 nitrogen and oxygen atoms in total. The van der Waals surface area contributed by atoms with Crippen LogP contribution in [0.5, 0.6) is 0 Å². The molecular formula is C17H20BrN. The van der Waals surface area contributed by atoms with Crippen molar-refractivity contribution >= 4 is 15.9 Å². The molecule has 0 aliphatic rings. The van der Waals surface area contributed by atoms with Crippen molar-refractivity contribution in [1.82, 2.24) is 5.32 Å². The van der Waals surface area contributed by atoms with Crippen LogP contribution in [0.25, 0.3) is 0 Å². The van der Waals surface area contributed by atoms with Gasteiger partial charge in [-0.05, 0) is 41.8 Å². The number of hydrogen-bond donors (Lipinski definition) is 1. The van der Waals surface area contributed by atoms with Crippen LogP contribution in [-0.2, 0) is 0 Å². The topological polar surface area (TPSA) is 12.0 Å². The van der Waals surface area contributed by atoms with Gasteiger partial charge in [0.2, 0.25) is 0 Å². The minimum absolute atomic E-state index is 0.235. The van der Waals surface area contributed by atoms with Gasteiger partial charge in [-0.2, -0.15) is 0 Å². The molecule has 0 saturated carbocycles. The van der Waals surface area contributed by atoms with Crippen LogP contribution >= 0.6 is 15.9 Å². The van der Waals surface area contributed by atoms with E-state index < -0.39 is 0 Å². The SMILES string of the molecule is CNC(c1ccc(C(C)C)cc1)c1cccc(Br)c1. The standard InChI is InChI=1S/C17H20BrN/c1-12(2)13-7-9-14(10-8-13)17(19-3)15-5-4-6-16(18)11-15/h4-12,17,19H,1-3H3. The largest absolute Gasteiger partial charge is 0.309 e. The molecule has 0 spiro atoms. The Morgan fingerprint density at radius 2 is 1.53 bits per heavy atom. The average molecular weight is 318 g/mol. The monoisotopic (exact) mass is 317 g/mol. The molecule has 2 rings (SSSR count). The van der Waals surface area contributed by atoms with Crippen LogP contribution < -0.4 is 5.32 Å². The van der Waals surface area contributed by atoms with Crippen molar-refractivity contribution in [3.8, 4) is 0 Å². The van der Waals surface area contributed by atoms with Gasteiger partial charge in [0.1, 0.15) is 0 Å². The Kier molecular flexibility index (Phi) is 4.78. The molecule has 19 heavy (non-hydrogen) atoms. The van der Waals surface area contributed by atoms with E-state index in [4.69, 9.17) is 0 Å². The minimum Gasteiger partial charge on any atom is -0.309 e. The first-order valence-corrected chi connectivity index (χ1v) is 7.43. The molecule has 0 fully saturated rings. The van der Waals surface area contributed by atoms with Crippen LogP contribution in [0, 0.1) is 0 Å². The quantitative estimate of drug-likeness (QED) is 0.847. The molecule has 1 atom stereocenters. The van der Waals surface area contributed by atoms with E-state index in [1.807, 2.05) is 7.05 Å². The lowest BCUT2D eigenvalue weighted by Crippen LogP contribution is -2.17. The summed E-state index contributed by atoms with van der Waals surface area (Å²) in [5.74, 6) is 0.577. The number of benzene rings is 2. The van der Waals surface area contributed by atoms with Crippen LogP contribution in [0.3, 0.4) is 0 Å². The number of nitrogens with one attached hydrogen (secondary N) is 1. The summed E-state index contributed by atoms with van der Waals surface area (Å²) in [6, 6.07) is 17.6. The second-order valence-corrected chi connectivity index (χ2v) is 6.01. The normalized spacial score (nSPS) is 12.7. The van der Waals surface area contributed by atoms with Crippen LogP contribution in [0.15, 0.2) is 53.0 Å². The van der Waals surface area contributed by atoms with Crippen molar-refractivity contribution in [2.75, 3.05) is 7.05 Å². The third-order valence-corrected chi connectivity index (χ3v) is 3.90. The lowest BCUT2D eigenvalue weighted by atomic mass is 9.95. The third-order valence-electron chi connectivity index (χ3n) is 3.41. The maximum atomic E-state index is 3.54. The summed E-state index contributed by atoms with van der Waals surface area (Å²) in [5, 5.41) is 3.39. The van der Waals surface area contributed by atoms with E-state index in [1.54, 1.807) is 0 Å². The predicted molar refractivity (Wildman–Crippen MR) is 85.6 cm³/mol. The first-order chi connectivity index (χ1) is 9.11. The molecule has 0 bridgehead atoms. The van der Waals surface area contributed by atoms with E-state index in [0.29, 0.717) is 5.92 Å². The third kappa shape index (κ3) is 3.46. The van der Waals surface area contributed by atoms with E-state index in [1.165, 1.54) is 16.7 Å². The summed E-state index contributed by atoms with van der Waals surface area (Å²) >= 11 is 3.54. The first kappa shape index (κ1) is 14.3. The maximum absolute atomic E-state index is 3.54. The molecule has 2 aromatic rings. The van der Waals surface area contributed by atoms with Crippen molar-refractivity contribution in [2.24, 2.45) is 0 Å². The molecule has 2 heteroatoms. The van der Waals surface area contributed by atoms with Crippen LogP contribution in [-0.4, -0.2) is 7.05 Å². The van der Waals surface area contributed by atoms with Gasteiger partial charge >= 0.3 is 0 Å². The van der Waals surface area contributed by atoms with E-state index >= 15 is 0 Å². The Balaban J connectivity index is 2.31. The fraction of sp³-hybridized carbons (Fsp3) is 0.294. The molecule has 1 unspecified atom stereocenters. The van der Waals surface area contributed by atoms with Crippen molar-refractivity contribution < 1.29 is 0 Å².